The molecule has 0 spiro atoms. The lowest BCUT2D eigenvalue weighted by atomic mass is 10.1. The third-order valence-corrected chi connectivity index (χ3v) is 2.76. The Morgan fingerprint density at radius 1 is 1.29 bits per heavy atom. The molecule has 0 radical (unpaired) electrons. The lowest BCUT2D eigenvalue weighted by molar-refractivity contribution is 0.408. The van der Waals surface area contributed by atoms with Crippen LogP contribution in [-0.4, -0.2) is 25.5 Å². The molecule has 1 nitrogen and oxygen atoms in total. The molecule has 0 heterocycles. The van der Waals surface area contributed by atoms with Gasteiger partial charge >= 0.3 is 0 Å². The summed E-state index contributed by atoms with van der Waals surface area (Å²) in [6, 6.07) is 5.38. The Kier molecular flexibility index (Phi) is 4.52. The van der Waals surface area contributed by atoms with E-state index in [1.165, 1.54) is 0 Å². The van der Waals surface area contributed by atoms with E-state index < -0.39 is 0 Å². The maximum atomic E-state index is 6.19. The van der Waals surface area contributed by atoms with Gasteiger partial charge in [0.2, 0.25) is 0 Å². The molecule has 1 rings (SSSR count). The van der Waals surface area contributed by atoms with Gasteiger partial charge in [-0.25, -0.2) is 0 Å². The van der Waals surface area contributed by atoms with Gasteiger partial charge in [0, 0.05) is 16.6 Å². The monoisotopic (exact) mass is 251 g/mol. The largest absolute Gasteiger partial charge is 0.308 e. The van der Waals surface area contributed by atoms with Crippen molar-refractivity contribution < 1.29 is 0 Å². The average molecular weight is 253 g/mol. The standard InChI is InChI=1S/C10H12Cl3N/c1-14(2)6-10(13)8-4-3-7(11)5-9(8)12/h3-5,10H,6H2,1-2H3. The van der Waals surface area contributed by atoms with Gasteiger partial charge in [-0.1, -0.05) is 29.3 Å². The summed E-state index contributed by atoms with van der Waals surface area (Å²) in [7, 11) is 3.94. The van der Waals surface area contributed by atoms with Gasteiger partial charge < -0.3 is 4.90 Å². The Morgan fingerprint density at radius 2 is 1.93 bits per heavy atom. The molecule has 1 aromatic rings. The first-order chi connectivity index (χ1) is 6.50. The maximum Gasteiger partial charge on any atom is 0.0726 e. The third kappa shape index (κ3) is 3.32. The molecule has 0 saturated heterocycles. The van der Waals surface area contributed by atoms with E-state index in [1.807, 2.05) is 25.1 Å². The highest BCUT2D eigenvalue weighted by Gasteiger charge is 2.12. The molecular formula is C10H12Cl3N. The summed E-state index contributed by atoms with van der Waals surface area (Å²) in [5.41, 5.74) is 0.923. The predicted octanol–water partition coefficient (Wildman–Crippen LogP) is 3.83. The molecule has 0 amide bonds. The van der Waals surface area contributed by atoms with Crippen molar-refractivity contribution in [3.63, 3.8) is 0 Å². The van der Waals surface area contributed by atoms with Crippen LogP contribution in [0.25, 0.3) is 0 Å². The van der Waals surface area contributed by atoms with Crippen molar-refractivity contribution >= 4 is 34.8 Å². The number of hydrogen-bond acceptors (Lipinski definition) is 1. The molecule has 0 aliphatic carbocycles. The number of halogens is 3. The van der Waals surface area contributed by atoms with Crippen molar-refractivity contribution in [2.24, 2.45) is 0 Å². The van der Waals surface area contributed by atoms with E-state index in [0.29, 0.717) is 10.0 Å². The van der Waals surface area contributed by atoms with Crippen LogP contribution in [0, 0.1) is 0 Å². The molecule has 0 aliphatic rings. The van der Waals surface area contributed by atoms with Crippen molar-refractivity contribution in [1.29, 1.82) is 0 Å². The first-order valence-electron chi connectivity index (χ1n) is 4.24. The fourth-order valence-electron chi connectivity index (χ4n) is 1.17. The SMILES string of the molecule is CN(C)CC(Cl)c1ccc(Cl)cc1Cl. The first kappa shape index (κ1) is 12.1. The highest BCUT2D eigenvalue weighted by atomic mass is 35.5. The highest BCUT2D eigenvalue weighted by molar-refractivity contribution is 6.35. The zero-order valence-electron chi connectivity index (χ0n) is 8.10. The molecule has 0 aliphatic heterocycles. The van der Waals surface area contributed by atoms with E-state index >= 15 is 0 Å². The van der Waals surface area contributed by atoms with Crippen LogP contribution in [0.15, 0.2) is 18.2 Å². The summed E-state index contributed by atoms with van der Waals surface area (Å²) in [6.07, 6.45) is 0. The Bertz CT molecular complexity index is 312. The number of benzene rings is 1. The van der Waals surface area contributed by atoms with Gasteiger partial charge in [0.25, 0.3) is 0 Å². The van der Waals surface area contributed by atoms with Crippen molar-refractivity contribution in [1.82, 2.24) is 4.90 Å². The Hall–Kier alpha value is 0.0500. The summed E-state index contributed by atoms with van der Waals surface area (Å²) in [6.45, 7) is 0.753. The van der Waals surface area contributed by atoms with Crippen LogP contribution in [-0.2, 0) is 0 Å². The molecular weight excluding hydrogens is 240 g/mol. The van der Waals surface area contributed by atoms with E-state index in [0.717, 1.165) is 12.1 Å². The van der Waals surface area contributed by atoms with Gasteiger partial charge in [0.1, 0.15) is 0 Å². The summed E-state index contributed by atoms with van der Waals surface area (Å²) in [5, 5.41) is 1.15. The molecule has 0 aromatic heterocycles. The fraction of sp³-hybridized carbons (Fsp3) is 0.400. The molecule has 1 atom stereocenters. The van der Waals surface area contributed by atoms with Crippen molar-refractivity contribution in [3.8, 4) is 0 Å². The minimum Gasteiger partial charge on any atom is -0.308 e. The number of rotatable bonds is 3. The van der Waals surface area contributed by atoms with Crippen molar-refractivity contribution in [2.75, 3.05) is 20.6 Å². The van der Waals surface area contributed by atoms with E-state index in [2.05, 4.69) is 0 Å². The molecule has 14 heavy (non-hydrogen) atoms. The normalized spacial score (nSPS) is 13.3. The second-order valence-corrected chi connectivity index (χ2v) is 4.77. The van der Waals surface area contributed by atoms with Crippen LogP contribution in [0.1, 0.15) is 10.9 Å². The average Bonchev–Trinajstić information content (AvgIpc) is 2.01. The Morgan fingerprint density at radius 3 is 2.43 bits per heavy atom. The molecule has 1 aromatic carbocycles. The molecule has 0 saturated carbocycles. The quantitative estimate of drug-likeness (QED) is 0.739. The van der Waals surface area contributed by atoms with Gasteiger partial charge in [0.05, 0.1) is 5.38 Å². The minimum absolute atomic E-state index is 0.102. The first-order valence-corrected chi connectivity index (χ1v) is 5.43. The van der Waals surface area contributed by atoms with Crippen LogP contribution >= 0.6 is 34.8 Å². The Labute approximate surface area is 99.6 Å². The van der Waals surface area contributed by atoms with Crippen LogP contribution in [0.4, 0.5) is 0 Å². The molecule has 0 bridgehead atoms. The van der Waals surface area contributed by atoms with Gasteiger partial charge in [0.15, 0.2) is 0 Å². The molecule has 78 valence electrons. The highest BCUT2D eigenvalue weighted by Crippen LogP contribution is 2.30. The summed E-state index contributed by atoms with van der Waals surface area (Å²) < 4.78 is 0. The van der Waals surface area contributed by atoms with Crippen molar-refractivity contribution in [2.45, 2.75) is 5.38 Å². The van der Waals surface area contributed by atoms with E-state index in [9.17, 15) is 0 Å². The Balaban J connectivity index is 2.84. The molecule has 0 fully saturated rings. The topological polar surface area (TPSA) is 3.24 Å². The summed E-state index contributed by atoms with van der Waals surface area (Å²) >= 11 is 18.0. The van der Waals surface area contributed by atoms with E-state index in [-0.39, 0.29) is 5.38 Å². The minimum atomic E-state index is -0.102. The van der Waals surface area contributed by atoms with Gasteiger partial charge in [-0.05, 0) is 31.8 Å². The predicted molar refractivity (Wildman–Crippen MR) is 63.6 cm³/mol. The summed E-state index contributed by atoms with van der Waals surface area (Å²) in [5.74, 6) is 0. The van der Waals surface area contributed by atoms with E-state index in [1.54, 1.807) is 12.1 Å². The second-order valence-electron chi connectivity index (χ2n) is 3.40. The smallest absolute Gasteiger partial charge is 0.0726 e. The van der Waals surface area contributed by atoms with Gasteiger partial charge in [-0.2, -0.15) is 0 Å². The molecule has 1 unspecified atom stereocenters. The van der Waals surface area contributed by atoms with Gasteiger partial charge in [-0.15, -0.1) is 11.6 Å². The zero-order chi connectivity index (χ0) is 10.7. The number of likely N-dealkylation sites (N-methyl/N-ethyl adjacent to an activating group) is 1. The van der Waals surface area contributed by atoms with Crippen LogP contribution in [0.3, 0.4) is 0 Å². The molecule has 4 heteroatoms. The lowest BCUT2D eigenvalue weighted by Crippen LogP contribution is -2.17. The summed E-state index contributed by atoms with van der Waals surface area (Å²) in [4.78, 5) is 2.02. The third-order valence-electron chi connectivity index (χ3n) is 1.83. The van der Waals surface area contributed by atoms with Crippen LogP contribution in [0.5, 0.6) is 0 Å². The van der Waals surface area contributed by atoms with Crippen molar-refractivity contribution in [3.05, 3.63) is 33.8 Å². The second kappa shape index (κ2) is 5.22. The van der Waals surface area contributed by atoms with Crippen LogP contribution < -0.4 is 0 Å². The van der Waals surface area contributed by atoms with Crippen LogP contribution in [0.2, 0.25) is 10.0 Å². The number of alkyl halides is 1. The molecule has 0 N–H and O–H groups in total. The fourth-order valence-corrected chi connectivity index (χ4v) is 2.24. The van der Waals surface area contributed by atoms with E-state index in [4.69, 9.17) is 34.8 Å². The number of nitrogens with zero attached hydrogens (tertiary/aromatic N) is 1. The zero-order valence-corrected chi connectivity index (χ0v) is 10.4. The maximum absolute atomic E-state index is 6.19. The number of hydrogen-bond donors (Lipinski definition) is 0. The van der Waals surface area contributed by atoms with Gasteiger partial charge in [-0.3, -0.25) is 0 Å². The lowest BCUT2D eigenvalue weighted by Gasteiger charge is -2.16.